The molecule has 0 bridgehead atoms. The molecule has 1 rings (SSSR count). The highest BCUT2D eigenvalue weighted by Crippen LogP contribution is 2.39. The molecule has 15 heavy (non-hydrogen) atoms. The van der Waals surface area contributed by atoms with Crippen LogP contribution in [0, 0.1) is 0 Å². The highest BCUT2D eigenvalue weighted by molar-refractivity contribution is 6.33. The third-order valence-corrected chi connectivity index (χ3v) is 2.52. The van der Waals surface area contributed by atoms with Gasteiger partial charge in [-0.2, -0.15) is 0 Å². The third kappa shape index (κ3) is 2.25. The Kier molecular flexibility index (Phi) is 4.00. The Morgan fingerprint density at radius 1 is 1.40 bits per heavy atom. The molecule has 1 atom stereocenters. The zero-order chi connectivity index (χ0) is 11.4. The number of benzene rings is 1. The molecule has 0 aromatic heterocycles. The zero-order valence-electron chi connectivity index (χ0n) is 8.79. The van der Waals surface area contributed by atoms with Crippen molar-refractivity contribution in [3.8, 4) is 11.5 Å². The molecule has 0 heterocycles. The van der Waals surface area contributed by atoms with Gasteiger partial charge in [0.05, 0.1) is 19.2 Å². The number of rotatable bonds is 4. The van der Waals surface area contributed by atoms with Crippen molar-refractivity contribution in [3.05, 3.63) is 35.4 Å². The van der Waals surface area contributed by atoms with E-state index in [0.29, 0.717) is 16.5 Å². The van der Waals surface area contributed by atoms with Crippen LogP contribution in [0.1, 0.15) is 11.6 Å². The van der Waals surface area contributed by atoms with Gasteiger partial charge in [0.2, 0.25) is 0 Å². The first-order chi connectivity index (χ1) is 7.15. The molecular weight excluding hydrogens is 214 g/mol. The zero-order valence-corrected chi connectivity index (χ0v) is 9.54. The monoisotopic (exact) mass is 227 g/mol. The predicted octanol–water partition coefficient (Wildman–Crippen LogP) is 2.54. The summed E-state index contributed by atoms with van der Waals surface area (Å²) in [5, 5.41) is 0.462. The Morgan fingerprint density at radius 3 is 2.53 bits per heavy atom. The molecule has 0 aliphatic rings. The molecule has 0 radical (unpaired) electrons. The average molecular weight is 228 g/mol. The van der Waals surface area contributed by atoms with Crippen LogP contribution in [0.25, 0.3) is 0 Å². The van der Waals surface area contributed by atoms with E-state index in [-0.39, 0.29) is 6.04 Å². The fourth-order valence-corrected chi connectivity index (χ4v) is 1.65. The first kappa shape index (κ1) is 11.9. The van der Waals surface area contributed by atoms with Crippen LogP contribution in [-0.2, 0) is 0 Å². The van der Waals surface area contributed by atoms with E-state index < -0.39 is 0 Å². The molecule has 4 heteroatoms. The number of nitrogens with two attached hydrogens (primary N) is 1. The lowest BCUT2D eigenvalue weighted by molar-refractivity contribution is 0.354. The summed E-state index contributed by atoms with van der Waals surface area (Å²) < 4.78 is 10.3. The number of hydrogen-bond acceptors (Lipinski definition) is 3. The van der Waals surface area contributed by atoms with E-state index in [1.165, 1.54) is 7.11 Å². The molecule has 3 nitrogen and oxygen atoms in total. The van der Waals surface area contributed by atoms with Crippen molar-refractivity contribution >= 4 is 11.6 Å². The van der Waals surface area contributed by atoms with E-state index in [4.69, 9.17) is 26.8 Å². The smallest absolute Gasteiger partial charge is 0.179 e. The van der Waals surface area contributed by atoms with Gasteiger partial charge in [0.1, 0.15) is 0 Å². The van der Waals surface area contributed by atoms with Crippen molar-refractivity contribution in [1.82, 2.24) is 0 Å². The van der Waals surface area contributed by atoms with E-state index >= 15 is 0 Å². The van der Waals surface area contributed by atoms with Crippen molar-refractivity contribution < 1.29 is 9.47 Å². The summed E-state index contributed by atoms with van der Waals surface area (Å²) in [7, 11) is 3.09. The Balaban J connectivity index is 3.28. The van der Waals surface area contributed by atoms with Crippen LogP contribution < -0.4 is 15.2 Å². The topological polar surface area (TPSA) is 44.5 Å². The van der Waals surface area contributed by atoms with Crippen molar-refractivity contribution in [3.63, 3.8) is 0 Å². The SMILES string of the molecule is C=C[C@H](N)c1ccc(OC)c(OC)c1Cl. The largest absolute Gasteiger partial charge is 0.493 e. The van der Waals surface area contributed by atoms with Gasteiger partial charge in [-0.1, -0.05) is 23.7 Å². The minimum Gasteiger partial charge on any atom is -0.493 e. The fourth-order valence-electron chi connectivity index (χ4n) is 1.29. The van der Waals surface area contributed by atoms with Crippen molar-refractivity contribution in [2.45, 2.75) is 6.04 Å². The molecule has 0 saturated heterocycles. The second-order valence-electron chi connectivity index (χ2n) is 2.97. The normalized spacial score (nSPS) is 12.0. The van der Waals surface area contributed by atoms with E-state index in [9.17, 15) is 0 Å². The van der Waals surface area contributed by atoms with Crippen molar-refractivity contribution in [2.75, 3.05) is 14.2 Å². The minimum atomic E-state index is -0.308. The summed E-state index contributed by atoms with van der Waals surface area (Å²) in [6.45, 7) is 3.62. The van der Waals surface area contributed by atoms with Crippen LogP contribution >= 0.6 is 11.6 Å². The van der Waals surface area contributed by atoms with Crippen molar-refractivity contribution in [2.24, 2.45) is 5.73 Å². The van der Waals surface area contributed by atoms with E-state index in [0.717, 1.165) is 5.56 Å². The van der Waals surface area contributed by atoms with Gasteiger partial charge in [-0.15, -0.1) is 6.58 Å². The second kappa shape index (κ2) is 5.05. The number of halogens is 1. The lowest BCUT2D eigenvalue weighted by Crippen LogP contribution is -2.08. The standard InChI is InChI=1S/C11H14ClNO2/c1-4-8(13)7-5-6-9(14-2)11(15-3)10(7)12/h4-6,8H,1,13H2,2-3H3/t8-/m0/s1. The highest BCUT2D eigenvalue weighted by atomic mass is 35.5. The average Bonchev–Trinajstić information content (AvgIpc) is 2.27. The summed E-state index contributed by atoms with van der Waals surface area (Å²) in [5.74, 6) is 1.08. The van der Waals surface area contributed by atoms with Gasteiger partial charge in [-0.25, -0.2) is 0 Å². The van der Waals surface area contributed by atoms with Crippen LogP contribution in [0.3, 0.4) is 0 Å². The maximum atomic E-state index is 6.13. The quantitative estimate of drug-likeness (QED) is 0.804. The van der Waals surface area contributed by atoms with Gasteiger partial charge in [-0.05, 0) is 11.6 Å². The molecule has 0 aliphatic heterocycles. The molecule has 1 aromatic carbocycles. The number of hydrogen-bond donors (Lipinski definition) is 1. The summed E-state index contributed by atoms with van der Waals surface area (Å²) in [5.41, 5.74) is 6.58. The number of ether oxygens (including phenoxy) is 2. The molecule has 0 unspecified atom stereocenters. The van der Waals surface area contributed by atoms with Gasteiger partial charge < -0.3 is 15.2 Å². The van der Waals surface area contributed by atoms with E-state index in [2.05, 4.69) is 6.58 Å². The molecule has 82 valence electrons. The summed E-state index contributed by atoms with van der Waals surface area (Å²) in [4.78, 5) is 0. The molecule has 0 spiro atoms. The third-order valence-electron chi connectivity index (χ3n) is 2.13. The molecule has 0 fully saturated rings. The summed E-state index contributed by atoms with van der Waals surface area (Å²) >= 11 is 6.13. The van der Waals surface area contributed by atoms with Crippen LogP contribution in [-0.4, -0.2) is 14.2 Å². The lowest BCUT2D eigenvalue weighted by atomic mass is 10.1. The maximum Gasteiger partial charge on any atom is 0.179 e. The Labute approximate surface area is 94.4 Å². The summed E-state index contributed by atoms with van der Waals surface area (Å²) in [6, 6.07) is 3.26. The van der Waals surface area contributed by atoms with E-state index in [1.807, 2.05) is 0 Å². The highest BCUT2D eigenvalue weighted by Gasteiger charge is 2.15. The maximum absolute atomic E-state index is 6.13. The molecular formula is C11H14ClNO2. The van der Waals surface area contributed by atoms with Gasteiger partial charge in [0.25, 0.3) is 0 Å². The first-order valence-corrected chi connectivity index (χ1v) is 4.82. The Morgan fingerprint density at radius 2 is 2.07 bits per heavy atom. The van der Waals surface area contributed by atoms with Crippen molar-refractivity contribution in [1.29, 1.82) is 0 Å². The Hall–Kier alpha value is -1.19. The van der Waals surface area contributed by atoms with Crippen LogP contribution in [0.5, 0.6) is 11.5 Å². The molecule has 2 N–H and O–H groups in total. The van der Waals surface area contributed by atoms with Gasteiger partial charge in [0.15, 0.2) is 11.5 Å². The van der Waals surface area contributed by atoms with Crippen LogP contribution in [0.2, 0.25) is 5.02 Å². The molecule has 1 aromatic rings. The van der Waals surface area contributed by atoms with E-state index in [1.54, 1.807) is 25.3 Å². The van der Waals surface area contributed by atoms with Gasteiger partial charge in [0, 0.05) is 6.04 Å². The molecule has 0 amide bonds. The lowest BCUT2D eigenvalue weighted by Gasteiger charge is -2.14. The van der Waals surface area contributed by atoms with Gasteiger partial charge >= 0.3 is 0 Å². The summed E-state index contributed by atoms with van der Waals surface area (Å²) in [6.07, 6.45) is 1.62. The fraction of sp³-hybridized carbons (Fsp3) is 0.273. The predicted molar refractivity (Wildman–Crippen MR) is 61.7 cm³/mol. The molecule has 0 aliphatic carbocycles. The second-order valence-corrected chi connectivity index (χ2v) is 3.34. The minimum absolute atomic E-state index is 0.308. The molecule has 0 saturated carbocycles. The van der Waals surface area contributed by atoms with Crippen LogP contribution in [0.15, 0.2) is 24.8 Å². The van der Waals surface area contributed by atoms with Gasteiger partial charge in [-0.3, -0.25) is 0 Å². The number of methoxy groups -OCH3 is 2. The Bertz CT molecular complexity index is 366. The van der Waals surface area contributed by atoms with Crippen LogP contribution in [0.4, 0.5) is 0 Å². The first-order valence-electron chi connectivity index (χ1n) is 4.44.